The maximum absolute atomic E-state index is 12.6. The second-order valence-electron chi connectivity index (χ2n) is 4.83. The van der Waals surface area contributed by atoms with Crippen molar-refractivity contribution >= 4 is 33.2 Å². The highest BCUT2D eigenvalue weighted by Gasteiger charge is 2.33. The molecule has 0 aliphatic heterocycles. The fourth-order valence-electron chi connectivity index (χ4n) is 2.13. The number of aromatic nitrogens is 2. The van der Waals surface area contributed by atoms with Gasteiger partial charge in [-0.25, -0.2) is 9.97 Å². The molecule has 122 valence electrons. The molecule has 0 radical (unpaired) electrons. The highest BCUT2D eigenvalue weighted by atomic mass is 79.9. The van der Waals surface area contributed by atoms with Gasteiger partial charge in [-0.05, 0) is 40.2 Å². The minimum absolute atomic E-state index is 0.0279. The van der Waals surface area contributed by atoms with Gasteiger partial charge in [-0.1, -0.05) is 0 Å². The van der Waals surface area contributed by atoms with Crippen LogP contribution >= 0.6 is 15.9 Å². The van der Waals surface area contributed by atoms with E-state index >= 15 is 0 Å². The number of nitrogens with zero attached hydrogens (tertiary/aromatic N) is 2. The van der Waals surface area contributed by atoms with Gasteiger partial charge in [0.1, 0.15) is 17.7 Å². The van der Waals surface area contributed by atoms with Crippen molar-refractivity contribution in [1.29, 1.82) is 0 Å². The first-order valence-electron chi connectivity index (χ1n) is 6.52. The molecular weight excluding hydrogens is 391 g/mol. The molecule has 1 aliphatic carbocycles. The first kappa shape index (κ1) is 16.3. The number of anilines is 1. The van der Waals surface area contributed by atoms with Crippen molar-refractivity contribution in [1.82, 2.24) is 9.97 Å². The summed E-state index contributed by atoms with van der Waals surface area (Å²) in [6.45, 7) is 0. The Morgan fingerprint density at radius 2 is 1.71 bits per heavy atom. The number of fused-ring (bicyclic) bond motifs is 1. The molecule has 0 amide bonds. The van der Waals surface area contributed by atoms with E-state index in [1.165, 1.54) is 18.3 Å². The highest BCUT2D eigenvalue weighted by Crippen LogP contribution is 2.32. The van der Waals surface area contributed by atoms with E-state index in [1.54, 1.807) is 0 Å². The Hall–Kier alpha value is -2.55. The molecule has 9 heteroatoms. The van der Waals surface area contributed by atoms with E-state index in [4.69, 9.17) is 0 Å². The summed E-state index contributed by atoms with van der Waals surface area (Å²) in [7, 11) is 0. The minimum atomic E-state index is -4.45. The lowest BCUT2D eigenvalue weighted by Gasteiger charge is -2.18. The number of benzene rings is 1. The SMILES string of the molecule is O=C1C(Nc2ccc(C(F)(F)F)cc2)=C(Br)C(=O)c2ncncc21. The van der Waals surface area contributed by atoms with Crippen molar-refractivity contribution < 1.29 is 22.8 Å². The van der Waals surface area contributed by atoms with Gasteiger partial charge in [0.25, 0.3) is 0 Å². The zero-order valence-corrected chi connectivity index (χ0v) is 13.3. The Labute approximate surface area is 141 Å². The van der Waals surface area contributed by atoms with E-state index in [9.17, 15) is 22.8 Å². The average Bonchev–Trinajstić information content (AvgIpc) is 2.56. The van der Waals surface area contributed by atoms with Crippen LogP contribution in [-0.4, -0.2) is 21.5 Å². The Morgan fingerprint density at radius 1 is 1.04 bits per heavy atom. The number of alkyl halides is 3. The summed E-state index contributed by atoms with van der Waals surface area (Å²) < 4.78 is 37.7. The number of nitrogens with one attached hydrogen (secondary N) is 1. The van der Waals surface area contributed by atoms with Gasteiger partial charge in [-0.2, -0.15) is 13.2 Å². The molecule has 0 atom stereocenters. The molecule has 1 aromatic heterocycles. The number of rotatable bonds is 2. The van der Waals surface area contributed by atoms with Gasteiger partial charge in [0.15, 0.2) is 0 Å². The van der Waals surface area contributed by atoms with Crippen LogP contribution in [0.5, 0.6) is 0 Å². The van der Waals surface area contributed by atoms with Crippen LogP contribution < -0.4 is 5.32 Å². The van der Waals surface area contributed by atoms with Gasteiger partial charge >= 0.3 is 6.18 Å². The predicted molar refractivity (Wildman–Crippen MR) is 81.7 cm³/mol. The van der Waals surface area contributed by atoms with Gasteiger partial charge in [0, 0.05) is 11.9 Å². The summed E-state index contributed by atoms with van der Waals surface area (Å²) >= 11 is 3.04. The normalized spacial score (nSPS) is 14.7. The molecule has 0 spiro atoms. The molecule has 24 heavy (non-hydrogen) atoms. The number of halogens is 4. The van der Waals surface area contributed by atoms with Gasteiger partial charge in [-0.3, -0.25) is 9.59 Å². The molecule has 0 bridgehead atoms. The van der Waals surface area contributed by atoms with E-state index in [1.807, 2.05) is 0 Å². The fraction of sp³-hybridized carbons (Fsp3) is 0.0667. The van der Waals surface area contributed by atoms with Crippen LogP contribution in [0, 0.1) is 0 Å². The molecule has 5 nitrogen and oxygen atoms in total. The number of carbonyl (C=O) groups excluding carboxylic acids is 2. The molecule has 1 N–H and O–H groups in total. The van der Waals surface area contributed by atoms with Gasteiger partial charge in [-0.15, -0.1) is 0 Å². The van der Waals surface area contributed by atoms with E-state index in [-0.39, 0.29) is 27.1 Å². The molecule has 1 aliphatic rings. The van der Waals surface area contributed by atoms with E-state index in [0.717, 1.165) is 18.5 Å². The monoisotopic (exact) mass is 397 g/mol. The second kappa shape index (κ2) is 5.82. The Morgan fingerprint density at radius 3 is 2.33 bits per heavy atom. The quantitative estimate of drug-likeness (QED) is 0.838. The maximum atomic E-state index is 12.6. The molecule has 0 saturated carbocycles. The minimum Gasteiger partial charge on any atom is -0.351 e. The lowest BCUT2D eigenvalue weighted by atomic mass is 9.98. The van der Waals surface area contributed by atoms with Gasteiger partial charge in [0.2, 0.25) is 11.6 Å². The molecule has 1 heterocycles. The molecule has 0 unspecified atom stereocenters. The van der Waals surface area contributed by atoms with Crippen LogP contribution in [0.3, 0.4) is 0 Å². The largest absolute Gasteiger partial charge is 0.416 e. The lowest BCUT2D eigenvalue weighted by molar-refractivity contribution is -0.137. The lowest BCUT2D eigenvalue weighted by Crippen LogP contribution is -2.25. The molecule has 2 aromatic rings. The molecule has 0 fully saturated rings. The predicted octanol–water partition coefficient (Wildman–Crippen LogP) is 3.59. The fourth-order valence-corrected chi connectivity index (χ4v) is 2.59. The third-order valence-electron chi connectivity index (χ3n) is 3.30. The molecule has 0 saturated heterocycles. The van der Waals surface area contributed by atoms with Crippen LogP contribution in [-0.2, 0) is 6.18 Å². The van der Waals surface area contributed by atoms with E-state index < -0.39 is 23.3 Å². The Kier molecular flexibility index (Phi) is 3.96. The molecule has 3 rings (SSSR count). The third kappa shape index (κ3) is 2.82. The van der Waals surface area contributed by atoms with Crippen LogP contribution in [0.25, 0.3) is 0 Å². The van der Waals surface area contributed by atoms with Gasteiger partial charge < -0.3 is 5.32 Å². The van der Waals surface area contributed by atoms with Crippen molar-refractivity contribution in [3.8, 4) is 0 Å². The van der Waals surface area contributed by atoms with Crippen molar-refractivity contribution in [3.05, 3.63) is 63.8 Å². The van der Waals surface area contributed by atoms with Crippen LogP contribution in [0.4, 0.5) is 18.9 Å². The average molecular weight is 398 g/mol. The number of ketones is 2. The third-order valence-corrected chi connectivity index (χ3v) is 4.06. The second-order valence-corrected chi connectivity index (χ2v) is 5.63. The standard InChI is InChI=1S/C15H7BrF3N3O2/c16-10-12(13(23)9-5-20-6-21-11(9)14(10)24)22-8-3-1-7(2-4-8)15(17,18)19/h1-6,22H. The van der Waals surface area contributed by atoms with E-state index in [0.29, 0.717) is 0 Å². The van der Waals surface area contributed by atoms with Crippen LogP contribution in [0.15, 0.2) is 47.0 Å². The summed E-state index contributed by atoms with van der Waals surface area (Å²) in [5.74, 6) is -1.04. The van der Waals surface area contributed by atoms with Crippen molar-refractivity contribution in [2.75, 3.05) is 5.32 Å². The summed E-state index contributed by atoms with van der Waals surface area (Å²) in [6, 6.07) is 4.10. The summed E-state index contributed by atoms with van der Waals surface area (Å²) in [6.07, 6.45) is -2.08. The first-order valence-corrected chi connectivity index (χ1v) is 7.32. The van der Waals surface area contributed by atoms with E-state index in [2.05, 4.69) is 31.2 Å². The smallest absolute Gasteiger partial charge is 0.351 e. The first-order chi connectivity index (χ1) is 11.3. The Bertz CT molecular complexity index is 876. The summed E-state index contributed by atoms with van der Waals surface area (Å²) in [5.41, 5.74) is -0.663. The number of hydrogen-bond donors (Lipinski definition) is 1. The number of carbonyl (C=O) groups is 2. The zero-order valence-electron chi connectivity index (χ0n) is 11.7. The number of allylic oxidation sites excluding steroid dienone is 2. The molecular formula is C15H7BrF3N3O2. The van der Waals surface area contributed by atoms with Crippen LogP contribution in [0.1, 0.15) is 26.4 Å². The number of hydrogen-bond acceptors (Lipinski definition) is 5. The highest BCUT2D eigenvalue weighted by molar-refractivity contribution is 9.12. The van der Waals surface area contributed by atoms with Crippen molar-refractivity contribution in [2.24, 2.45) is 0 Å². The molecule has 1 aromatic carbocycles. The number of Topliss-reactive ketones (excluding diaryl/α,β-unsaturated/α-hetero) is 2. The summed E-state index contributed by atoms with van der Waals surface area (Å²) in [4.78, 5) is 32.1. The van der Waals surface area contributed by atoms with Crippen LogP contribution in [0.2, 0.25) is 0 Å². The maximum Gasteiger partial charge on any atom is 0.416 e. The zero-order chi connectivity index (χ0) is 17.5. The van der Waals surface area contributed by atoms with Crippen molar-refractivity contribution in [3.63, 3.8) is 0 Å². The van der Waals surface area contributed by atoms with Gasteiger partial charge in [0.05, 0.1) is 15.6 Å². The summed E-state index contributed by atoms with van der Waals surface area (Å²) in [5, 5.41) is 2.67. The Balaban J connectivity index is 1.94. The van der Waals surface area contributed by atoms with Crippen molar-refractivity contribution in [2.45, 2.75) is 6.18 Å². The topological polar surface area (TPSA) is 72.0 Å².